The SMILES string of the molecule is NCCCNCCCCNCCCN.[OH][Ti]([OH])([OH])[OH]. The van der Waals surface area contributed by atoms with Crippen LogP contribution in [0.4, 0.5) is 0 Å². The number of hydrogen-bond donors (Lipinski definition) is 8. The van der Waals surface area contributed by atoms with E-state index in [1.54, 1.807) is 0 Å². The zero-order chi connectivity index (χ0) is 15.0. The molecule has 118 valence electrons. The maximum absolute atomic E-state index is 7.38. The van der Waals surface area contributed by atoms with Crippen LogP contribution in [0.2, 0.25) is 0 Å². The van der Waals surface area contributed by atoms with Gasteiger partial charge in [0, 0.05) is 0 Å². The molecule has 0 bridgehead atoms. The Hall–Kier alpha value is 0.394. The normalized spacial score (nSPS) is 11.1. The quantitative estimate of drug-likeness (QED) is 0.152. The Morgan fingerprint density at radius 1 is 0.632 bits per heavy atom. The number of nitrogens with one attached hydrogen (secondary N) is 2. The average Bonchev–Trinajstić information content (AvgIpc) is 2.29. The summed E-state index contributed by atoms with van der Waals surface area (Å²) in [5.74, 6) is 0. The van der Waals surface area contributed by atoms with Gasteiger partial charge >= 0.3 is 32.9 Å². The fraction of sp³-hybridized carbons (Fsp3) is 1.00. The van der Waals surface area contributed by atoms with E-state index in [1.807, 2.05) is 0 Å². The van der Waals surface area contributed by atoms with Crippen LogP contribution in [-0.2, 0) is 18.1 Å². The summed E-state index contributed by atoms with van der Waals surface area (Å²) in [7, 11) is 0. The monoisotopic (exact) mass is 318 g/mol. The van der Waals surface area contributed by atoms with Crippen LogP contribution in [-0.4, -0.2) is 54.0 Å². The van der Waals surface area contributed by atoms with Crippen molar-refractivity contribution in [3.8, 4) is 0 Å². The van der Waals surface area contributed by atoms with Crippen LogP contribution in [0, 0.1) is 0 Å². The average molecular weight is 318 g/mol. The molecular formula is C10H30N4O4Ti. The Labute approximate surface area is 120 Å². The fourth-order valence-electron chi connectivity index (χ4n) is 1.20. The zero-order valence-corrected chi connectivity index (χ0v) is 13.1. The van der Waals surface area contributed by atoms with Crippen molar-refractivity contribution < 1.29 is 32.9 Å². The third-order valence-corrected chi connectivity index (χ3v) is 2.07. The maximum atomic E-state index is 7.38. The van der Waals surface area contributed by atoms with Gasteiger partial charge in [-0.1, -0.05) is 0 Å². The number of rotatable bonds is 11. The molecule has 0 aliphatic carbocycles. The molecule has 0 rings (SSSR count). The summed E-state index contributed by atoms with van der Waals surface area (Å²) >= 11 is -5.00. The van der Waals surface area contributed by atoms with Gasteiger partial charge in [0.25, 0.3) is 0 Å². The van der Waals surface area contributed by atoms with Gasteiger partial charge in [-0.15, -0.1) is 0 Å². The first-order valence-corrected chi connectivity index (χ1v) is 9.42. The molecule has 0 aromatic rings. The second-order valence-electron chi connectivity index (χ2n) is 4.09. The molecule has 8 nitrogen and oxygen atoms in total. The Morgan fingerprint density at radius 2 is 0.895 bits per heavy atom. The summed E-state index contributed by atoms with van der Waals surface area (Å²) < 4.78 is 29.5. The Bertz CT molecular complexity index is 154. The van der Waals surface area contributed by atoms with Gasteiger partial charge in [-0.3, -0.25) is 0 Å². The zero-order valence-electron chi connectivity index (χ0n) is 11.5. The molecule has 0 saturated carbocycles. The van der Waals surface area contributed by atoms with Gasteiger partial charge in [0.1, 0.15) is 0 Å². The topological polar surface area (TPSA) is 157 Å². The van der Waals surface area contributed by atoms with E-state index >= 15 is 0 Å². The Kier molecular flexibility index (Phi) is 18.8. The van der Waals surface area contributed by atoms with Gasteiger partial charge in [0.15, 0.2) is 0 Å². The van der Waals surface area contributed by atoms with Crippen molar-refractivity contribution >= 4 is 0 Å². The fourth-order valence-corrected chi connectivity index (χ4v) is 1.20. The molecule has 0 aromatic carbocycles. The van der Waals surface area contributed by atoms with E-state index in [-0.39, 0.29) is 0 Å². The standard InChI is InChI=1S/C10H26N4.4H2O.Ti/c11-5-3-9-13-7-1-2-8-14-10-4-6-12;;;;;/h13-14H,1-12H2;4*1H2;/q;;;;;+4/p-4. The van der Waals surface area contributed by atoms with Crippen LogP contribution in [0.15, 0.2) is 0 Å². The van der Waals surface area contributed by atoms with Gasteiger partial charge in [-0.25, -0.2) is 0 Å². The predicted octanol–water partition coefficient (Wildman–Crippen LogP) is -2.59. The van der Waals surface area contributed by atoms with E-state index in [1.165, 1.54) is 12.8 Å². The van der Waals surface area contributed by atoms with Crippen LogP contribution in [0.1, 0.15) is 25.7 Å². The molecule has 19 heavy (non-hydrogen) atoms. The molecule has 0 heterocycles. The first-order valence-electron chi connectivity index (χ1n) is 6.63. The molecule has 0 fully saturated rings. The molecule has 0 amide bonds. The number of nitrogens with two attached hydrogens (primary N) is 2. The Balaban J connectivity index is 0. The van der Waals surface area contributed by atoms with Crippen LogP contribution in [0.25, 0.3) is 0 Å². The number of unbranched alkanes of at least 4 members (excludes halogenated alkanes) is 1. The summed E-state index contributed by atoms with van der Waals surface area (Å²) in [5, 5.41) is 6.72. The molecule has 0 aliphatic heterocycles. The van der Waals surface area contributed by atoms with E-state index in [0.29, 0.717) is 0 Å². The predicted molar refractivity (Wildman–Crippen MR) is 71.2 cm³/mol. The third-order valence-electron chi connectivity index (χ3n) is 2.07. The van der Waals surface area contributed by atoms with Crippen molar-refractivity contribution in [1.82, 2.24) is 10.6 Å². The van der Waals surface area contributed by atoms with Gasteiger partial charge in [0.2, 0.25) is 0 Å². The van der Waals surface area contributed by atoms with E-state index in [0.717, 1.165) is 52.1 Å². The molecule has 9 heteroatoms. The molecule has 0 aliphatic rings. The molecule has 10 N–H and O–H groups in total. The summed E-state index contributed by atoms with van der Waals surface area (Å²) in [6.45, 7) is 5.90. The first-order chi connectivity index (χ1) is 8.91. The van der Waals surface area contributed by atoms with Gasteiger partial charge < -0.3 is 22.1 Å². The minimum atomic E-state index is -5.00. The summed E-state index contributed by atoms with van der Waals surface area (Å²) in [4.78, 5) is 0. The third kappa shape index (κ3) is 38.1. The number of hydrogen-bond acceptors (Lipinski definition) is 8. The van der Waals surface area contributed by atoms with Crippen LogP contribution >= 0.6 is 0 Å². The molecule has 0 aromatic heterocycles. The Morgan fingerprint density at radius 3 is 1.16 bits per heavy atom. The van der Waals surface area contributed by atoms with Crippen LogP contribution < -0.4 is 22.1 Å². The van der Waals surface area contributed by atoms with E-state index < -0.39 is 18.1 Å². The van der Waals surface area contributed by atoms with E-state index in [9.17, 15) is 0 Å². The van der Waals surface area contributed by atoms with Crippen molar-refractivity contribution in [1.29, 1.82) is 0 Å². The second-order valence-corrected chi connectivity index (χ2v) is 5.97. The van der Waals surface area contributed by atoms with Crippen LogP contribution in [0.5, 0.6) is 0 Å². The van der Waals surface area contributed by atoms with E-state index in [4.69, 9.17) is 26.2 Å². The molecule has 0 saturated heterocycles. The first kappa shape index (κ1) is 21.7. The molecule has 0 spiro atoms. The van der Waals surface area contributed by atoms with Crippen molar-refractivity contribution in [3.63, 3.8) is 0 Å². The summed E-state index contributed by atoms with van der Waals surface area (Å²) in [5.41, 5.74) is 10.8. The molecule has 0 radical (unpaired) electrons. The molecule has 0 atom stereocenters. The summed E-state index contributed by atoms with van der Waals surface area (Å²) in [6, 6.07) is 0. The van der Waals surface area contributed by atoms with E-state index in [2.05, 4.69) is 10.6 Å². The van der Waals surface area contributed by atoms with Crippen molar-refractivity contribution in [2.45, 2.75) is 25.7 Å². The van der Waals surface area contributed by atoms with Gasteiger partial charge in [-0.2, -0.15) is 0 Å². The molecular weight excluding hydrogens is 288 g/mol. The minimum absolute atomic E-state index is 0.785. The molecule has 0 unspecified atom stereocenters. The van der Waals surface area contributed by atoms with Crippen molar-refractivity contribution in [2.75, 3.05) is 39.3 Å². The summed E-state index contributed by atoms with van der Waals surface area (Å²) in [6.07, 6.45) is 4.63. The van der Waals surface area contributed by atoms with Gasteiger partial charge in [0.05, 0.1) is 0 Å². The second kappa shape index (κ2) is 16.4. The van der Waals surface area contributed by atoms with Crippen molar-refractivity contribution in [2.24, 2.45) is 11.5 Å². The van der Waals surface area contributed by atoms with Crippen LogP contribution in [0.3, 0.4) is 0 Å². The van der Waals surface area contributed by atoms with Crippen molar-refractivity contribution in [3.05, 3.63) is 0 Å². The van der Waals surface area contributed by atoms with Gasteiger partial charge in [-0.05, 0) is 65.0 Å².